The van der Waals surface area contributed by atoms with Crippen molar-refractivity contribution in [3.63, 3.8) is 0 Å². The Morgan fingerprint density at radius 3 is 2.60 bits per heavy atom. The number of nitrogens with zero attached hydrogens (tertiary/aromatic N) is 1. The van der Waals surface area contributed by atoms with Gasteiger partial charge in [-0.3, -0.25) is 4.79 Å². The van der Waals surface area contributed by atoms with Gasteiger partial charge in [0.05, 0.1) is 0 Å². The number of rotatable bonds is 5. The van der Waals surface area contributed by atoms with E-state index in [0.717, 1.165) is 18.6 Å². The molecule has 0 unspecified atom stereocenters. The van der Waals surface area contributed by atoms with E-state index in [0.29, 0.717) is 11.9 Å². The molecule has 0 bridgehead atoms. The number of thioether (sulfide) groups is 1. The smallest absolute Gasteiger partial charge is 0.222 e. The van der Waals surface area contributed by atoms with Crippen molar-refractivity contribution in [3.8, 4) is 0 Å². The van der Waals surface area contributed by atoms with Crippen molar-refractivity contribution in [2.75, 3.05) is 19.1 Å². The van der Waals surface area contributed by atoms with Crippen LogP contribution in [0.4, 0.5) is 0 Å². The molecule has 0 aromatic rings. The maximum atomic E-state index is 11.8. The highest BCUT2D eigenvalue weighted by Crippen LogP contribution is 2.22. The second kappa shape index (κ2) is 7.15. The standard InChI is InChI=1S/C12H23NOS/c1-13(11-7-4-3-5-8-11)12(14)9-6-10-15-2/h11H,3-10H2,1-2H3. The van der Waals surface area contributed by atoms with Crippen LogP contribution in [0, 0.1) is 0 Å². The molecule has 1 aliphatic carbocycles. The SMILES string of the molecule is CSCCCC(=O)N(C)C1CCCCC1. The van der Waals surface area contributed by atoms with Gasteiger partial charge in [-0.1, -0.05) is 19.3 Å². The number of carbonyl (C=O) groups is 1. The largest absolute Gasteiger partial charge is 0.343 e. The maximum absolute atomic E-state index is 11.8. The Balaban J connectivity index is 2.24. The van der Waals surface area contributed by atoms with Crippen LogP contribution in [-0.4, -0.2) is 35.9 Å². The summed E-state index contributed by atoms with van der Waals surface area (Å²) >= 11 is 1.82. The minimum absolute atomic E-state index is 0.343. The van der Waals surface area contributed by atoms with Gasteiger partial charge in [0.25, 0.3) is 0 Å². The van der Waals surface area contributed by atoms with Gasteiger partial charge >= 0.3 is 0 Å². The predicted molar refractivity (Wildman–Crippen MR) is 67.3 cm³/mol. The zero-order valence-electron chi connectivity index (χ0n) is 10.00. The summed E-state index contributed by atoms with van der Waals surface area (Å²) in [5, 5.41) is 0. The lowest BCUT2D eigenvalue weighted by atomic mass is 9.94. The molecule has 0 aliphatic heterocycles. The Bertz CT molecular complexity index is 190. The fourth-order valence-electron chi connectivity index (χ4n) is 2.22. The lowest BCUT2D eigenvalue weighted by Crippen LogP contribution is -2.38. The van der Waals surface area contributed by atoms with Crippen LogP contribution in [0.3, 0.4) is 0 Å². The quantitative estimate of drug-likeness (QED) is 0.676. The van der Waals surface area contributed by atoms with Gasteiger partial charge in [-0.25, -0.2) is 0 Å². The first-order chi connectivity index (χ1) is 7.25. The summed E-state index contributed by atoms with van der Waals surface area (Å²) in [5.41, 5.74) is 0. The van der Waals surface area contributed by atoms with Gasteiger partial charge in [-0.2, -0.15) is 11.8 Å². The molecular weight excluding hydrogens is 206 g/mol. The van der Waals surface area contributed by atoms with E-state index in [1.54, 1.807) is 0 Å². The third kappa shape index (κ3) is 4.45. The van der Waals surface area contributed by atoms with Crippen LogP contribution in [-0.2, 0) is 4.79 Å². The third-order valence-electron chi connectivity index (χ3n) is 3.25. The second-order valence-corrected chi connectivity index (χ2v) is 5.38. The summed E-state index contributed by atoms with van der Waals surface area (Å²) < 4.78 is 0. The van der Waals surface area contributed by atoms with Crippen LogP contribution in [0.5, 0.6) is 0 Å². The molecule has 0 N–H and O–H groups in total. The van der Waals surface area contributed by atoms with Crippen LogP contribution in [0.2, 0.25) is 0 Å². The van der Waals surface area contributed by atoms with Crippen molar-refractivity contribution in [2.45, 2.75) is 51.0 Å². The molecule has 0 spiro atoms. The van der Waals surface area contributed by atoms with Crippen molar-refractivity contribution in [1.82, 2.24) is 4.90 Å². The van der Waals surface area contributed by atoms with Gasteiger partial charge in [-0.05, 0) is 31.3 Å². The Labute approximate surface area is 97.8 Å². The van der Waals surface area contributed by atoms with Crippen molar-refractivity contribution >= 4 is 17.7 Å². The minimum Gasteiger partial charge on any atom is -0.343 e. The minimum atomic E-state index is 0.343. The molecule has 1 rings (SSSR count). The van der Waals surface area contributed by atoms with E-state index in [1.807, 2.05) is 23.7 Å². The summed E-state index contributed by atoms with van der Waals surface area (Å²) in [6.07, 6.45) is 10.2. The summed E-state index contributed by atoms with van der Waals surface area (Å²) in [5.74, 6) is 1.44. The first-order valence-corrected chi connectivity index (χ1v) is 7.39. The highest BCUT2D eigenvalue weighted by Gasteiger charge is 2.21. The summed E-state index contributed by atoms with van der Waals surface area (Å²) in [4.78, 5) is 13.8. The molecule has 0 aromatic heterocycles. The van der Waals surface area contributed by atoms with Crippen molar-refractivity contribution in [1.29, 1.82) is 0 Å². The summed E-state index contributed by atoms with van der Waals surface area (Å²) in [7, 11) is 1.98. The summed E-state index contributed by atoms with van der Waals surface area (Å²) in [6, 6.07) is 0.528. The molecule has 0 radical (unpaired) electrons. The van der Waals surface area contributed by atoms with E-state index in [1.165, 1.54) is 32.1 Å². The molecule has 2 nitrogen and oxygen atoms in total. The van der Waals surface area contributed by atoms with Crippen LogP contribution in [0.15, 0.2) is 0 Å². The zero-order chi connectivity index (χ0) is 11.1. The van der Waals surface area contributed by atoms with E-state index < -0.39 is 0 Å². The second-order valence-electron chi connectivity index (χ2n) is 4.39. The normalized spacial score (nSPS) is 17.7. The summed E-state index contributed by atoms with van der Waals surface area (Å²) in [6.45, 7) is 0. The Kier molecular flexibility index (Phi) is 6.15. The van der Waals surface area contributed by atoms with E-state index >= 15 is 0 Å². The molecule has 0 atom stereocenters. The predicted octanol–water partition coefficient (Wildman–Crippen LogP) is 2.92. The van der Waals surface area contributed by atoms with Crippen molar-refractivity contribution < 1.29 is 4.79 Å². The highest BCUT2D eigenvalue weighted by atomic mass is 32.2. The molecule has 0 saturated heterocycles. The van der Waals surface area contributed by atoms with E-state index in [9.17, 15) is 4.79 Å². The van der Waals surface area contributed by atoms with Gasteiger partial charge in [0.15, 0.2) is 0 Å². The van der Waals surface area contributed by atoms with Crippen LogP contribution >= 0.6 is 11.8 Å². The molecule has 3 heteroatoms. The molecule has 1 saturated carbocycles. The molecular formula is C12H23NOS. The van der Waals surface area contributed by atoms with Gasteiger partial charge in [-0.15, -0.1) is 0 Å². The van der Waals surface area contributed by atoms with Gasteiger partial charge < -0.3 is 4.90 Å². The Morgan fingerprint density at radius 2 is 2.00 bits per heavy atom. The average Bonchev–Trinajstić information content (AvgIpc) is 2.29. The van der Waals surface area contributed by atoms with Crippen LogP contribution < -0.4 is 0 Å². The number of hydrogen-bond acceptors (Lipinski definition) is 2. The average molecular weight is 229 g/mol. The topological polar surface area (TPSA) is 20.3 Å². The molecule has 1 aliphatic rings. The first-order valence-electron chi connectivity index (χ1n) is 6.00. The number of hydrogen-bond donors (Lipinski definition) is 0. The molecule has 1 amide bonds. The van der Waals surface area contributed by atoms with E-state index in [4.69, 9.17) is 0 Å². The lowest BCUT2D eigenvalue weighted by molar-refractivity contribution is -0.132. The zero-order valence-corrected chi connectivity index (χ0v) is 10.8. The van der Waals surface area contributed by atoms with Gasteiger partial charge in [0, 0.05) is 19.5 Å². The van der Waals surface area contributed by atoms with Crippen molar-refractivity contribution in [3.05, 3.63) is 0 Å². The fraction of sp³-hybridized carbons (Fsp3) is 0.917. The molecule has 88 valence electrons. The molecule has 0 aromatic carbocycles. The molecule has 15 heavy (non-hydrogen) atoms. The van der Waals surface area contributed by atoms with Gasteiger partial charge in [0.1, 0.15) is 0 Å². The number of amides is 1. The monoisotopic (exact) mass is 229 g/mol. The van der Waals surface area contributed by atoms with E-state index in [-0.39, 0.29) is 0 Å². The molecule has 0 heterocycles. The third-order valence-corrected chi connectivity index (χ3v) is 3.95. The highest BCUT2D eigenvalue weighted by molar-refractivity contribution is 7.98. The Hall–Kier alpha value is -0.180. The van der Waals surface area contributed by atoms with Crippen LogP contribution in [0.1, 0.15) is 44.9 Å². The fourth-order valence-corrected chi connectivity index (χ4v) is 2.65. The lowest BCUT2D eigenvalue weighted by Gasteiger charge is -2.31. The molecule has 1 fully saturated rings. The van der Waals surface area contributed by atoms with E-state index in [2.05, 4.69) is 6.26 Å². The van der Waals surface area contributed by atoms with Gasteiger partial charge in [0.2, 0.25) is 5.91 Å². The van der Waals surface area contributed by atoms with Crippen LogP contribution in [0.25, 0.3) is 0 Å². The number of carbonyl (C=O) groups excluding carboxylic acids is 1. The Morgan fingerprint density at radius 1 is 1.33 bits per heavy atom. The van der Waals surface area contributed by atoms with Crippen molar-refractivity contribution in [2.24, 2.45) is 0 Å². The first kappa shape index (κ1) is 12.9. The maximum Gasteiger partial charge on any atom is 0.222 e.